The van der Waals surface area contributed by atoms with Gasteiger partial charge < -0.3 is 4.74 Å². The molecule has 0 atom stereocenters. The smallest absolute Gasteiger partial charge is 0.338 e. The Bertz CT molecular complexity index is 1290. The number of fused-ring (bicyclic) bond motifs is 2. The first kappa shape index (κ1) is 17.8. The third-order valence-corrected chi connectivity index (χ3v) is 4.54. The molecule has 0 N–H and O–H groups in total. The molecule has 3 heterocycles. The van der Waals surface area contributed by atoms with Crippen LogP contribution >= 0.6 is 0 Å². The Morgan fingerprint density at radius 2 is 1.71 bits per heavy atom. The van der Waals surface area contributed by atoms with Crippen molar-refractivity contribution in [3.8, 4) is 0 Å². The van der Waals surface area contributed by atoms with E-state index in [0.717, 1.165) is 22.5 Å². The molecule has 0 unspecified atom stereocenters. The van der Waals surface area contributed by atoms with Crippen molar-refractivity contribution in [1.29, 1.82) is 0 Å². The van der Waals surface area contributed by atoms with Crippen molar-refractivity contribution in [2.45, 2.75) is 27.4 Å². The molecular formula is C21H18N4O3. The van der Waals surface area contributed by atoms with Gasteiger partial charge >= 0.3 is 5.97 Å². The minimum atomic E-state index is -0.506. The largest absolute Gasteiger partial charge is 0.456 e. The highest BCUT2D eigenvalue weighted by Gasteiger charge is 2.12. The van der Waals surface area contributed by atoms with E-state index in [1.807, 2.05) is 26.8 Å². The number of hydrogen-bond acceptors (Lipinski definition) is 6. The van der Waals surface area contributed by atoms with Gasteiger partial charge in [0.05, 0.1) is 33.7 Å². The van der Waals surface area contributed by atoms with Gasteiger partial charge in [0.25, 0.3) is 5.56 Å². The topological polar surface area (TPSA) is 86.5 Å². The average molecular weight is 374 g/mol. The zero-order valence-electron chi connectivity index (χ0n) is 15.8. The van der Waals surface area contributed by atoms with Crippen molar-refractivity contribution < 1.29 is 9.53 Å². The summed E-state index contributed by atoms with van der Waals surface area (Å²) in [6, 6.07) is 10.1. The highest BCUT2D eigenvalue weighted by atomic mass is 16.5. The standard InChI is InChI=1S/C21H18N4O3/c1-12-6-7-25-19(8-12)24-16(10-20(25)26)11-28-21(27)15-4-5-17-18(9-15)23-14(3)13(2)22-17/h4-10H,11H2,1-3H3. The van der Waals surface area contributed by atoms with Crippen LogP contribution in [0.2, 0.25) is 0 Å². The summed E-state index contributed by atoms with van der Waals surface area (Å²) < 4.78 is 6.80. The molecule has 7 heteroatoms. The van der Waals surface area contributed by atoms with E-state index < -0.39 is 5.97 Å². The number of ether oxygens (including phenoxy) is 1. The van der Waals surface area contributed by atoms with E-state index in [1.165, 1.54) is 10.5 Å². The lowest BCUT2D eigenvalue weighted by molar-refractivity contribution is 0.0468. The number of rotatable bonds is 3. The second-order valence-corrected chi connectivity index (χ2v) is 6.69. The third-order valence-electron chi connectivity index (χ3n) is 4.54. The molecule has 0 amide bonds. The maximum absolute atomic E-state index is 12.4. The molecule has 7 nitrogen and oxygen atoms in total. The summed E-state index contributed by atoms with van der Waals surface area (Å²) in [5.74, 6) is -0.506. The summed E-state index contributed by atoms with van der Waals surface area (Å²) in [5, 5.41) is 0. The van der Waals surface area contributed by atoms with E-state index in [1.54, 1.807) is 30.5 Å². The highest BCUT2D eigenvalue weighted by molar-refractivity contribution is 5.93. The summed E-state index contributed by atoms with van der Waals surface area (Å²) in [6.45, 7) is 5.60. The molecule has 28 heavy (non-hydrogen) atoms. The van der Waals surface area contributed by atoms with Crippen molar-refractivity contribution in [1.82, 2.24) is 19.4 Å². The molecule has 1 aromatic carbocycles. The zero-order valence-corrected chi connectivity index (χ0v) is 15.8. The Labute approximate surface area is 160 Å². The number of pyridine rings is 1. The van der Waals surface area contributed by atoms with Crippen LogP contribution in [0, 0.1) is 20.8 Å². The Balaban J connectivity index is 1.57. The molecule has 3 aromatic heterocycles. The molecular weight excluding hydrogens is 356 g/mol. The summed E-state index contributed by atoms with van der Waals surface area (Å²) in [6.07, 6.45) is 1.68. The van der Waals surface area contributed by atoms with Gasteiger partial charge in [-0.15, -0.1) is 0 Å². The van der Waals surface area contributed by atoms with E-state index in [-0.39, 0.29) is 12.2 Å². The second-order valence-electron chi connectivity index (χ2n) is 6.69. The Morgan fingerprint density at radius 1 is 0.964 bits per heavy atom. The highest BCUT2D eigenvalue weighted by Crippen LogP contribution is 2.15. The monoisotopic (exact) mass is 374 g/mol. The molecule has 0 aliphatic carbocycles. The van der Waals surface area contributed by atoms with Gasteiger partial charge in [0.1, 0.15) is 12.3 Å². The molecule has 0 saturated carbocycles. The van der Waals surface area contributed by atoms with Gasteiger partial charge in [0.15, 0.2) is 0 Å². The van der Waals surface area contributed by atoms with E-state index in [0.29, 0.717) is 22.4 Å². The fourth-order valence-electron chi connectivity index (χ4n) is 2.91. The predicted molar refractivity (Wildman–Crippen MR) is 104 cm³/mol. The summed E-state index contributed by atoms with van der Waals surface area (Å²) in [7, 11) is 0. The number of aromatic nitrogens is 4. The van der Waals surface area contributed by atoms with Crippen molar-refractivity contribution in [3.63, 3.8) is 0 Å². The van der Waals surface area contributed by atoms with Gasteiger partial charge in [0, 0.05) is 12.3 Å². The molecule has 140 valence electrons. The van der Waals surface area contributed by atoms with E-state index in [9.17, 15) is 9.59 Å². The fourth-order valence-corrected chi connectivity index (χ4v) is 2.91. The van der Waals surface area contributed by atoms with Crippen molar-refractivity contribution in [2.24, 2.45) is 0 Å². The number of esters is 1. The number of benzene rings is 1. The van der Waals surface area contributed by atoms with E-state index in [2.05, 4.69) is 15.0 Å². The second kappa shape index (κ2) is 6.84. The Morgan fingerprint density at radius 3 is 2.50 bits per heavy atom. The maximum atomic E-state index is 12.4. The molecule has 4 rings (SSSR count). The normalized spacial score (nSPS) is 11.1. The van der Waals surface area contributed by atoms with Crippen molar-refractivity contribution in [2.75, 3.05) is 0 Å². The van der Waals surface area contributed by atoms with Gasteiger partial charge in [-0.1, -0.05) is 0 Å². The van der Waals surface area contributed by atoms with Gasteiger partial charge in [0.2, 0.25) is 0 Å². The SMILES string of the molecule is Cc1ccn2c(=O)cc(COC(=O)c3ccc4nc(C)c(C)nc4c3)nc2c1. The van der Waals surface area contributed by atoms with Gasteiger partial charge in [-0.05, 0) is 56.7 Å². The maximum Gasteiger partial charge on any atom is 0.338 e. The van der Waals surface area contributed by atoms with Crippen LogP contribution in [-0.4, -0.2) is 25.3 Å². The van der Waals surface area contributed by atoms with E-state index in [4.69, 9.17) is 4.74 Å². The van der Waals surface area contributed by atoms with Crippen molar-refractivity contribution in [3.05, 3.63) is 81.2 Å². The predicted octanol–water partition coefficient (Wildman–Crippen LogP) is 2.92. The number of carbonyl (C=O) groups excluding carboxylic acids is 1. The molecule has 0 fully saturated rings. The molecule has 0 aliphatic heterocycles. The number of hydrogen-bond donors (Lipinski definition) is 0. The number of carbonyl (C=O) groups is 1. The number of aryl methyl sites for hydroxylation is 3. The average Bonchev–Trinajstić information content (AvgIpc) is 2.66. The molecule has 0 bridgehead atoms. The first-order valence-electron chi connectivity index (χ1n) is 8.82. The number of nitrogens with zero attached hydrogens (tertiary/aromatic N) is 4. The van der Waals surface area contributed by atoms with E-state index >= 15 is 0 Å². The summed E-state index contributed by atoms with van der Waals surface area (Å²) in [5.41, 5.74) is 5.08. The molecule has 4 aromatic rings. The molecule has 0 aliphatic rings. The lowest BCUT2D eigenvalue weighted by Crippen LogP contribution is -2.16. The van der Waals surface area contributed by atoms with Crippen LogP contribution in [0.4, 0.5) is 0 Å². The lowest BCUT2D eigenvalue weighted by atomic mass is 10.2. The first-order valence-corrected chi connectivity index (χ1v) is 8.82. The lowest BCUT2D eigenvalue weighted by Gasteiger charge is -2.08. The Kier molecular flexibility index (Phi) is 4.35. The van der Waals surface area contributed by atoms with Crippen LogP contribution in [0.1, 0.15) is 33.0 Å². The quantitative estimate of drug-likeness (QED) is 0.513. The minimum absolute atomic E-state index is 0.0881. The molecule has 0 radical (unpaired) electrons. The first-order chi connectivity index (χ1) is 13.4. The summed E-state index contributed by atoms with van der Waals surface area (Å²) >= 11 is 0. The minimum Gasteiger partial charge on any atom is -0.456 e. The van der Waals surface area contributed by atoms with Gasteiger partial charge in [-0.25, -0.2) is 19.7 Å². The molecule has 0 saturated heterocycles. The fraction of sp³-hybridized carbons (Fsp3) is 0.190. The van der Waals surface area contributed by atoms with Gasteiger partial charge in [-0.2, -0.15) is 0 Å². The van der Waals surface area contributed by atoms with Crippen LogP contribution in [0.5, 0.6) is 0 Å². The van der Waals surface area contributed by atoms with Crippen molar-refractivity contribution >= 4 is 22.6 Å². The summed E-state index contributed by atoms with van der Waals surface area (Å²) in [4.78, 5) is 37.9. The van der Waals surface area contributed by atoms with Crippen LogP contribution in [0.25, 0.3) is 16.7 Å². The van der Waals surface area contributed by atoms with Crippen LogP contribution in [0.15, 0.2) is 47.4 Å². The zero-order chi connectivity index (χ0) is 19.8. The van der Waals surface area contributed by atoms with Crippen LogP contribution in [0.3, 0.4) is 0 Å². The Hall–Kier alpha value is -3.61. The van der Waals surface area contributed by atoms with Crippen LogP contribution < -0.4 is 5.56 Å². The molecule has 0 spiro atoms. The van der Waals surface area contributed by atoms with Gasteiger partial charge in [-0.3, -0.25) is 9.20 Å². The van der Waals surface area contributed by atoms with Crippen LogP contribution in [-0.2, 0) is 11.3 Å². The third kappa shape index (κ3) is 3.34.